The minimum atomic E-state index is 0. The molecule has 1 saturated heterocycles. The van der Waals surface area contributed by atoms with E-state index in [1.165, 1.54) is 0 Å². The molecule has 0 unspecified atom stereocenters. The van der Waals surface area contributed by atoms with Crippen LogP contribution in [0, 0.1) is 0 Å². The van der Waals surface area contributed by atoms with Crippen molar-refractivity contribution in [2.24, 2.45) is 0 Å². The second-order valence-corrected chi connectivity index (χ2v) is 0.272. The summed E-state index contributed by atoms with van der Waals surface area (Å²) in [7, 11) is 0. The Morgan fingerprint density at radius 1 is 0.571 bits per heavy atom. The third-order valence-electron chi connectivity index (χ3n) is 0.111. The van der Waals surface area contributed by atoms with Crippen LogP contribution in [0.15, 0.2) is 0 Å². The van der Waals surface area contributed by atoms with Crippen LogP contribution < -0.4 is 0 Å². The van der Waals surface area contributed by atoms with Gasteiger partial charge < -0.3 is 11.0 Å². The van der Waals surface area contributed by atoms with E-state index in [0.29, 0.717) is 0 Å². The molecule has 0 aliphatic carbocycles. The molecule has 0 aromatic rings. The van der Waals surface area contributed by atoms with Gasteiger partial charge in [-0.2, -0.15) is 0 Å². The third-order valence-corrected chi connectivity index (χ3v) is 0.111. The molecule has 0 aromatic heterocycles. The molecule has 0 radical (unpaired) electrons. The summed E-state index contributed by atoms with van der Waals surface area (Å²) in [5.41, 5.74) is 0. The summed E-state index contributed by atoms with van der Waals surface area (Å²) in [4.78, 5) is 0. The van der Waals surface area contributed by atoms with Crippen LogP contribution >= 0.6 is 0 Å². The van der Waals surface area contributed by atoms with Crippen molar-refractivity contribution in [3.8, 4) is 0 Å². The zero-order chi connectivity index (χ0) is 2.83. The Balaban J connectivity index is -0.0000000533. The molecule has 0 aromatic carbocycles. The van der Waals surface area contributed by atoms with Gasteiger partial charge in [-0.05, 0) is 0 Å². The molecule has 6 nitrogen and oxygen atoms in total. The van der Waals surface area contributed by atoms with Crippen LogP contribution in [0.1, 0.15) is 0 Å². The van der Waals surface area contributed by atoms with Crippen LogP contribution in [0.4, 0.5) is 0 Å². The van der Waals surface area contributed by atoms with Gasteiger partial charge >= 0.3 is 0 Å². The standard InChI is InChI=1S/Fe.O4.2H2O/c;1-2-4-3-1;;/h;;2*1H2. The topological polar surface area (TPSA) is 99.9 Å². The van der Waals surface area contributed by atoms with Crippen molar-refractivity contribution in [1.29, 1.82) is 0 Å². The minimum Gasteiger partial charge on any atom is -0.412 e. The van der Waals surface area contributed by atoms with E-state index in [1.807, 2.05) is 0 Å². The number of hydrogen-bond donors (Lipinski definition) is 0. The van der Waals surface area contributed by atoms with Crippen molar-refractivity contribution in [2.75, 3.05) is 0 Å². The van der Waals surface area contributed by atoms with Crippen LogP contribution in [0.5, 0.6) is 0 Å². The Labute approximate surface area is 49.1 Å². The van der Waals surface area contributed by atoms with Crippen LogP contribution in [0.3, 0.4) is 0 Å². The van der Waals surface area contributed by atoms with Crippen molar-refractivity contribution in [1.82, 2.24) is 0 Å². The van der Waals surface area contributed by atoms with Gasteiger partial charge in [0.1, 0.15) is 0 Å². The van der Waals surface area contributed by atoms with Gasteiger partial charge in [0.2, 0.25) is 0 Å². The average Bonchev–Trinajstić information content (AvgIpc) is 0.722. The van der Waals surface area contributed by atoms with Gasteiger partial charge in [-0.1, -0.05) is 0 Å². The van der Waals surface area contributed by atoms with Gasteiger partial charge in [0.25, 0.3) is 0 Å². The summed E-state index contributed by atoms with van der Waals surface area (Å²) in [6.07, 6.45) is 0. The molecule has 1 aliphatic heterocycles. The predicted molar refractivity (Wildman–Crippen MR) is 11.6 cm³/mol. The molecule has 7 heteroatoms. The molecule has 1 rings (SSSR count). The van der Waals surface area contributed by atoms with Crippen LogP contribution in [0.25, 0.3) is 0 Å². The Morgan fingerprint density at radius 3 is 0.714 bits per heavy atom. The van der Waals surface area contributed by atoms with E-state index in [1.54, 1.807) is 0 Å². The SMILES string of the molecule is O.O.O1OOO1.[Fe]. The first-order valence-electron chi connectivity index (χ1n) is 0.667. The van der Waals surface area contributed by atoms with E-state index in [0.717, 1.165) is 0 Å². The Bertz CT molecular complexity index is 12.1. The Morgan fingerprint density at radius 2 is 0.714 bits per heavy atom. The molecule has 48 valence electrons. The quantitative estimate of drug-likeness (QED) is 0.301. The second-order valence-electron chi connectivity index (χ2n) is 0.272. The van der Waals surface area contributed by atoms with Crippen molar-refractivity contribution < 1.29 is 48.2 Å². The molecule has 7 heavy (non-hydrogen) atoms. The largest absolute Gasteiger partial charge is 0.412 e. The molecule has 0 saturated carbocycles. The van der Waals surface area contributed by atoms with E-state index in [9.17, 15) is 0 Å². The average molecular weight is 156 g/mol. The fraction of sp³-hybridized carbons (Fsp3) is 0. The Kier molecular flexibility index (Phi) is 21.4. The summed E-state index contributed by atoms with van der Waals surface area (Å²) in [6, 6.07) is 0. The maximum absolute atomic E-state index is 3.50. The van der Waals surface area contributed by atoms with Crippen molar-refractivity contribution in [3.63, 3.8) is 0 Å². The smallest absolute Gasteiger partial charge is 0 e. The number of hydrogen-bond acceptors (Lipinski definition) is 4. The maximum Gasteiger partial charge on any atom is 0 e. The maximum atomic E-state index is 3.50. The second kappa shape index (κ2) is 9.56. The summed E-state index contributed by atoms with van der Waals surface area (Å²) in [5.74, 6) is 0. The van der Waals surface area contributed by atoms with E-state index < -0.39 is 0 Å². The Hall–Kier alpha value is 0.279. The molecular formula is H4FeO6. The molecule has 0 amide bonds. The third kappa shape index (κ3) is 6.28. The zero-order valence-electron chi connectivity index (χ0n) is 2.99. The first kappa shape index (κ1) is 15.7. The minimum absolute atomic E-state index is 0. The van der Waals surface area contributed by atoms with Crippen LogP contribution in [-0.4, -0.2) is 11.0 Å². The van der Waals surface area contributed by atoms with Crippen LogP contribution in [-0.2, 0) is 37.2 Å². The van der Waals surface area contributed by atoms with E-state index in [-0.39, 0.29) is 28.0 Å². The molecule has 1 aliphatic rings. The molecule has 0 spiro atoms. The number of rotatable bonds is 0. The molecule has 0 bridgehead atoms. The summed E-state index contributed by atoms with van der Waals surface area (Å²) in [5, 5.41) is 14.0. The molecule has 0 atom stereocenters. The zero-order valence-corrected chi connectivity index (χ0v) is 4.09. The summed E-state index contributed by atoms with van der Waals surface area (Å²) < 4.78 is 0. The van der Waals surface area contributed by atoms with Gasteiger partial charge in [-0.25, -0.2) is 0 Å². The summed E-state index contributed by atoms with van der Waals surface area (Å²) >= 11 is 0. The normalized spacial score (nSPS) is 13.7. The van der Waals surface area contributed by atoms with Crippen LogP contribution in [0.2, 0.25) is 0 Å². The van der Waals surface area contributed by atoms with Crippen molar-refractivity contribution in [2.45, 2.75) is 0 Å². The van der Waals surface area contributed by atoms with Gasteiger partial charge in [0.15, 0.2) is 0 Å². The molecule has 1 fully saturated rings. The first-order valence-corrected chi connectivity index (χ1v) is 0.667. The van der Waals surface area contributed by atoms with E-state index in [4.69, 9.17) is 0 Å². The van der Waals surface area contributed by atoms with Crippen molar-refractivity contribution >= 4 is 0 Å². The fourth-order valence-electron chi connectivity index (χ4n) is 0.0278. The molecule has 4 N–H and O–H groups in total. The fourth-order valence-corrected chi connectivity index (χ4v) is 0.0278. The van der Waals surface area contributed by atoms with Gasteiger partial charge in [0, 0.05) is 37.2 Å². The first-order chi connectivity index (χ1) is 2.00. The van der Waals surface area contributed by atoms with E-state index >= 15 is 0 Å². The van der Waals surface area contributed by atoms with Gasteiger partial charge in [-0.15, -0.1) is 0 Å². The summed E-state index contributed by atoms with van der Waals surface area (Å²) in [6.45, 7) is 0. The monoisotopic (exact) mass is 156 g/mol. The molecular weight excluding hydrogens is 152 g/mol. The van der Waals surface area contributed by atoms with Gasteiger partial charge in [-0.3, -0.25) is 0 Å². The molecule has 1 heterocycles. The van der Waals surface area contributed by atoms with Gasteiger partial charge in [0.05, 0.1) is 0 Å². The van der Waals surface area contributed by atoms with Crippen molar-refractivity contribution in [3.05, 3.63) is 0 Å². The predicted octanol–water partition coefficient (Wildman–Crippen LogP) is -1.93. The van der Waals surface area contributed by atoms with E-state index in [2.05, 4.69) is 20.2 Å².